The highest BCUT2D eigenvalue weighted by Crippen LogP contribution is 2.29. The predicted molar refractivity (Wildman–Crippen MR) is 78.0 cm³/mol. The summed E-state index contributed by atoms with van der Waals surface area (Å²) in [6.07, 6.45) is 5.38. The van der Waals surface area contributed by atoms with Gasteiger partial charge in [-0.15, -0.1) is 0 Å². The topological polar surface area (TPSA) is 60.0 Å². The van der Waals surface area contributed by atoms with Crippen LogP contribution in [0.5, 0.6) is 0 Å². The van der Waals surface area contributed by atoms with Crippen molar-refractivity contribution in [3.63, 3.8) is 0 Å². The number of nitrogens with two attached hydrogens (primary N) is 1. The van der Waals surface area contributed by atoms with E-state index in [1.165, 1.54) is 12.8 Å². The molecule has 0 bridgehead atoms. The van der Waals surface area contributed by atoms with E-state index < -0.39 is 0 Å². The molecule has 1 amide bonds. The minimum absolute atomic E-state index is 0.00417. The molecular formula is C15H25N3O. The van der Waals surface area contributed by atoms with E-state index in [9.17, 15) is 4.79 Å². The van der Waals surface area contributed by atoms with Gasteiger partial charge in [-0.05, 0) is 31.2 Å². The van der Waals surface area contributed by atoms with E-state index in [0.717, 1.165) is 13.0 Å². The first-order valence-corrected chi connectivity index (χ1v) is 7.29. The first-order chi connectivity index (χ1) is 9.02. The summed E-state index contributed by atoms with van der Waals surface area (Å²) in [4.78, 5) is 12.4. The highest BCUT2D eigenvalue weighted by molar-refractivity contribution is 5.94. The molecule has 4 nitrogen and oxygen atoms in total. The number of carbonyl (C=O) groups is 1. The van der Waals surface area contributed by atoms with Crippen LogP contribution in [0, 0.1) is 11.8 Å². The van der Waals surface area contributed by atoms with Crippen LogP contribution in [0.15, 0.2) is 12.3 Å². The fourth-order valence-electron chi connectivity index (χ4n) is 3.01. The third kappa shape index (κ3) is 2.94. The molecule has 2 rings (SSSR count). The monoisotopic (exact) mass is 263 g/mol. The summed E-state index contributed by atoms with van der Waals surface area (Å²) in [5.41, 5.74) is 7.10. The van der Waals surface area contributed by atoms with Gasteiger partial charge in [0.05, 0.1) is 5.69 Å². The number of nitrogens with one attached hydrogen (secondary N) is 1. The summed E-state index contributed by atoms with van der Waals surface area (Å²) in [5.74, 6) is 1.23. The van der Waals surface area contributed by atoms with Crippen LogP contribution in [0.4, 0.5) is 5.69 Å². The Labute approximate surface area is 115 Å². The molecular weight excluding hydrogens is 238 g/mol. The van der Waals surface area contributed by atoms with Gasteiger partial charge in [0.1, 0.15) is 5.69 Å². The van der Waals surface area contributed by atoms with Gasteiger partial charge in [0.25, 0.3) is 5.91 Å². The number of amides is 1. The molecule has 19 heavy (non-hydrogen) atoms. The largest absolute Gasteiger partial charge is 0.397 e. The van der Waals surface area contributed by atoms with Crippen molar-refractivity contribution in [3.8, 4) is 0 Å². The zero-order valence-electron chi connectivity index (χ0n) is 12.1. The van der Waals surface area contributed by atoms with Crippen molar-refractivity contribution < 1.29 is 4.79 Å². The molecule has 0 saturated heterocycles. The highest BCUT2D eigenvalue weighted by Gasteiger charge is 2.28. The maximum Gasteiger partial charge on any atom is 0.268 e. The van der Waals surface area contributed by atoms with Gasteiger partial charge in [-0.3, -0.25) is 4.79 Å². The molecule has 0 radical (unpaired) electrons. The lowest BCUT2D eigenvalue weighted by molar-refractivity contribution is 0.0882. The Hall–Kier alpha value is -1.45. The lowest BCUT2D eigenvalue weighted by Crippen LogP contribution is -2.44. The molecule has 4 heteroatoms. The highest BCUT2D eigenvalue weighted by atomic mass is 16.2. The number of hydrogen-bond acceptors (Lipinski definition) is 2. The summed E-state index contributed by atoms with van der Waals surface area (Å²) in [6, 6.07) is 2.05. The van der Waals surface area contributed by atoms with Gasteiger partial charge < -0.3 is 15.6 Å². The normalized spacial score (nSPS) is 27.2. The number of nitrogens with zero attached hydrogens (tertiary/aromatic N) is 1. The summed E-state index contributed by atoms with van der Waals surface area (Å²) >= 11 is 0. The predicted octanol–water partition coefficient (Wildman–Crippen LogP) is 2.64. The number of rotatable bonds is 3. The second-order valence-corrected chi connectivity index (χ2v) is 5.79. The van der Waals surface area contributed by atoms with Crippen molar-refractivity contribution in [2.45, 2.75) is 52.6 Å². The second kappa shape index (κ2) is 5.68. The fourth-order valence-corrected chi connectivity index (χ4v) is 3.01. The first-order valence-electron chi connectivity index (χ1n) is 7.29. The smallest absolute Gasteiger partial charge is 0.268 e. The Morgan fingerprint density at radius 2 is 2.21 bits per heavy atom. The number of nitrogen functional groups attached to an aromatic ring is 1. The molecule has 1 aromatic rings. The summed E-state index contributed by atoms with van der Waals surface area (Å²) in [7, 11) is 0. The molecule has 1 aromatic heterocycles. The molecule has 3 atom stereocenters. The summed E-state index contributed by atoms with van der Waals surface area (Å²) in [5, 5.41) is 3.19. The second-order valence-electron chi connectivity index (χ2n) is 5.79. The van der Waals surface area contributed by atoms with Gasteiger partial charge in [0.2, 0.25) is 0 Å². The van der Waals surface area contributed by atoms with Crippen molar-refractivity contribution in [2.75, 3.05) is 5.73 Å². The van der Waals surface area contributed by atoms with Crippen molar-refractivity contribution >= 4 is 11.6 Å². The zero-order valence-corrected chi connectivity index (χ0v) is 12.1. The van der Waals surface area contributed by atoms with Crippen LogP contribution in [0.3, 0.4) is 0 Å². The first kappa shape index (κ1) is 14.0. The number of carbonyl (C=O) groups excluding carboxylic acids is 1. The quantitative estimate of drug-likeness (QED) is 0.880. The minimum atomic E-state index is 0.00417. The molecule has 0 aromatic carbocycles. The van der Waals surface area contributed by atoms with E-state index in [0.29, 0.717) is 23.2 Å². The average molecular weight is 263 g/mol. The van der Waals surface area contributed by atoms with E-state index >= 15 is 0 Å². The van der Waals surface area contributed by atoms with E-state index in [1.807, 2.05) is 17.7 Å². The Morgan fingerprint density at radius 1 is 1.47 bits per heavy atom. The van der Waals surface area contributed by atoms with E-state index in [4.69, 9.17) is 5.73 Å². The number of aromatic nitrogens is 1. The molecule has 0 aliphatic heterocycles. The van der Waals surface area contributed by atoms with E-state index in [2.05, 4.69) is 19.2 Å². The van der Waals surface area contributed by atoms with Gasteiger partial charge >= 0.3 is 0 Å². The summed E-state index contributed by atoms with van der Waals surface area (Å²) in [6.45, 7) is 7.29. The molecule has 3 N–H and O–H groups in total. The van der Waals surface area contributed by atoms with Gasteiger partial charge in [0.15, 0.2) is 0 Å². The lowest BCUT2D eigenvalue weighted by atomic mass is 9.78. The van der Waals surface area contributed by atoms with Crippen LogP contribution >= 0.6 is 0 Å². The number of aryl methyl sites for hydroxylation is 1. The maximum absolute atomic E-state index is 12.4. The number of anilines is 1. The number of hydrogen-bond donors (Lipinski definition) is 2. The Morgan fingerprint density at radius 3 is 2.89 bits per heavy atom. The molecule has 1 aliphatic carbocycles. The van der Waals surface area contributed by atoms with Gasteiger partial charge in [-0.2, -0.15) is 0 Å². The Kier molecular flexibility index (Phi) is 4.17. The van der Waals surface area contributed by atoms with E-state index in [-0.39, 0.29) is 11.9 Å². The third-order valence-electron chi connectivity index (χ3n) is 4.51. The Balaban J connectivity index is 2.08. The molecule has 1 heterocycles. The lowest BCUT2D eigenvalue weighted by Gasteiger charge is -2.34. The molecule has 106 valence electrons. The molecule has 1 aliphatic rings. The van der Waals surface area contributed by atoms with Crippen molar-refractivity contribution in [2.24, 2.45) is 11.8 Å². The Bertz CT molecular complexity index is 452. The molecule has 3 unspecified atom stereocenters. The molecule has 1 saturated carbocycles. The van der Waals surface area contributed by atoms with E-state index in [1.54, 1.807) is 6.07 Å². The van der Waals surface area contributed by atoms with Gasteiger partial charge in [-0.25, -0.2) is 0 Å². The fraction of sp³-hybridized carbons (Fsp3) is 0.667. The standard InChI is InChI=1S/C15H25N3O/c1-4-18-9-12(16)8-14(18)15(19)17-13-7-5-6-10(2)11(13)3/h8-11,13H,4-7,16H2,1-3H3,(H,17,19). The van der Waals surface area contributed by atoms with Crippen LogP contribution < -0.4 is 11.1 Å². The maximum atomic E-state index is 12.4. The van der Waals surface area contributed by atoms with Crippen molar-refractivity contribution in [3.05, 3.63) is 18.0 Å². The minimum Gasteiger partial charge on any atom is -0.397 e. The van der Waals surface area contributed by atoms with Crippen LogP contribution in [0.2, 0.25) is 0 Å². The van der Waals surface area contributed by atoms with Crippen molar-refractivity contribution in [1.29, 1.82) is 0 Å². The van der Waals surface area contributed by atoms with Crippen LogP contribution in [-0.4, -0.2) is 16.5 Å². The van der Waals surface area contributed by atoms with Gasteiger partial charge in [-0.1, -0.05) is 26.7 Å². The van der Waals surface area contributed by atoms with Crippen molar-refractivity contribution in [1.82, 2.24) is 9.88 Å². The van der Waals surface area contributed by atoms with Crippen LogP contribution in [-0.2, 0) is 6.54 Å². The zero-order chi connectivity index (χ0) is 14.0. The third-order valence-corrected chi connectivity index (χ3v) is 4.51. The average Bonchev–Trinajstić information content (AvgIpc) is 2.76. The van der Waals surface area contributed by atoms with Crippen LogP contribution in [0.25, 0.3) is 0 Å². The van der Waals surface area contributed by atoms with Crippen LogP contribution in [0.1, 0.15) is 50.5 Å². The van der Waals surface area contributed by atoms with Gasteiger partial charge in [0, 0.05) is 18.8 Å². The SMILES string of the molecule is CCn1cc(N)cc1C(=O)NC1CCCC(C)C1C. The molecule has 0 spiro atoms. The molecule has 1 fully saturated rings. The summed E-state index contributed by atoms with van der Waals surface area (Å²) < 4.78 is 1.90.